The molecular weight excluding hydrogens is 322 g/mol. The van der Waals surface area contributed by atoms with E-state index >= 15 is 0 Å². The predicted octanol–water partition coefficient (Wildman–Crippen LogP) is 4.57. The van der Waals surface area contributed by atoms with E-state index in [1.807, 2.05) is 26.8 Å². The Kier molecular flexibility index (Phi) is 4.38. The molecule has 0 saturated heterocycles. The molecule has 20 heavy (non-hydrogen) atoms. The Morgan fingerprint density at radius 3 is 2.85 bits per heavy atom. The molecular formula is C15H18BrNO3. The summed E-state index contributed by atoms with van der Waals surface area (Å²) in [5.41, 5.74) is 0.524. The van der Waals surface area contributed by atoms with E-state index in [-0.39, 0.29) is 0 Å². The SMILES string of the molecule is CC(C)(C)OC(=O)N1C=COC(C2=C(Br)C=CCC2)=C1. The lowest BCUT2D eigenvalue weighted by Crippen LogP contribution is -2.31. The molecule has 0 unspecified atom stereocenters. The summed E-state index contributed by atoms with van der Waals surface area (Å²) in [5, 5.41) is 0. The van der Waals surface area contributed by atoms with Gasteiger partial charge in [0.15, 0.2) is 0 Å². The van der Waals surface area contributed by atoms with Crippen molar-refractivity contribution in [1.29, 1.82) is 0 Å². The molecule has 1 aliphatic carbocycles. The van der Waals surface area contributed by atoms with Gasteiger partial charge in [-0.1, -0.05) is 28.1 Å². The van der Waals surface area contributed by atoms with Crippen molar-refractivity contribution >= 4 is 22.0 Å². The molecule has 1 heterocycles. The van der Waals surface area contributed by atoms with Gasteiger partial charge < -0.3 is 9.47 Å². The monoisotopic (exact) mass is 339 g/mol. The average Bonchev–Trinajstić information content (AvgIpc) is 2.37. The molecule has 2 aliphatic rings. The third-order valence-electron chi connectivity index (χ3n) is 2.69. The summed E-state index contributed by atoms with van der Waals surface area (Å²) in [6.45, 7) is 5.51. The van der Waals surface area contributed by atoms with Crippen LogP contribution in [0, 0.1) is 0 Å². The van der Waals surface area contributed by atoms with E-state index in [0.29, 0.717) is 5.76 Å². The first-order valence-electron chi connectivity index (χ1n) is 6.49. The summed E-state index contributed by atoms with van der Waals surface area (Å²) >= 11 is 3.51. The van der Waals surface area contributed by atoms with Gasteiger partial charge in [0.05, 0.1) is 12.4 Å². The first-order valence-corrected chi connectivity index (χ1v) is 7.28. The van der Waals surface area contributed by atoms with Crippen LogP contribution >= 0.6 is 15.9 Å². The van der Waals surface area contributed by atoms with Gasteiger partial charge in [-0.05, 0) is 33.6 Å². The van der Waals surface area contributed by atoms with Gasteiger partial charge in [0.25, 0.3) is 0 Å². The molecule has 0 spiro atoms. The Morgan fingerprint density at radius 2 is 2.20 bits per heavy atom. The Morgan fingerprint density at radius 1 is 1.45 bits per heavy atom. The van der Waals surface area contributed by atoms with Gasteiger partial charge in [0.2, 0.25) is 0 Å². The summed E-state index contributed by atoms with van der Waals surface area (Å²) in [7, 11) is 0. The number of halogens is 1. The van der Waals surface area contributed by atoms with Gasteiger partial charge in [-0.15, -0.1) is 0 Å². The molecule has 1 amide bonds. The highest BCUT2D eigenvalue weighted by Crippen LogP contribution is 2.31. The molecule has 0 bridgehead atoms. The first kappa shape index (κ1) is 14.9. The van der Waals surface area contributed by atoms with Crippen molar-refractivity contribution < 1.29 is 14.3 Å². The number of hydrogen-bond donors (Lipinski definition) is 0. The first-order chi connectivity index (χ1) is 9.37. The number of carbonyl (C=O) groups is 1. The quantitative estimate of drug-likeness (QED) is 0.702. The van der Waals surface area contributed by atoms with E-state index < -0.39 is 11.7 Å². The summed E-state index contributed by atoms with van der Waals surface area (Å²) < 4.78 is 11.8. The van der Waals surface area contributed by atoms with Gasteiger partial charge in [-0.3, -0.25) is 4.90 Å². The van der Waals surface area contributed by atoms with Crippen LogP contribution in [-0.4, -0.2) is 16.6 Å². The van der Waals surface area contributed by atoms with Crippen molar-refractivity contribution in [1.82, 2.24) is 4.90 Å². The Hall–Kier alpha value is -1.49. The van der Waals surface area contributed by atoms with Crippen molar-refractivity contribution in [3.05, 3.63) is 46.6 Å². The van der Waals surface area contributed by atoms with Crippen LogP contribution in [-0.2, 0) is 9.47 Å². The number of hydrogen-bond acceptors (Lipinski definition) is 3. The van der Waals surface area contributed by atoms with Crippen molar-refractivity contribution in [2.24, 2.45) is 0 Å². The largest absolute Gasteiger partial charge is 0.462 e. The van der Waals surface area contributed by atoms with E-state index in [0.717, 1.165) is 22.9 Å². The summed E-state index contributed by atoms with van der Waals surface area (Å²) in [6, 6.07) is 0. The van der Waals surface area contributed by atoms with E-state index in [9.17, 15) is 4.79 Å². The van der Waals surface area contributed by atoms with Crippen LogP contribution in [0.1, 0.15) is 33.6 Å². The molecule has 4 nitrogen and oxygen atoms in total. The second-order valence-electron chi connectivity index (χ2n) is 5.55. The normalized spacial score (nSPS) is 18.8. The molecule has 0 saturated carbocycles. The minimum atomic E-state index is -0.523. The number of ether oxygens (including phenoxy) is 2. The van der Waals surface area contributed by atoms with Crippen LogP contribution in [0.25, 0.3) is 0 Å². The van der Waals surface area contributed by atoms with E-state index in [1.165, 1.54) is 11.2 Å². The zero-order chi connectivity index (χ0) is 14.8. The lowest BCUT2D eigenvalue weighted by Gasteiger charge is -2.26. The van der Waals surface area contributed by atoms with Gasteiger partial charge in [0.1, 0.15) is 17.6 Å². The summed E-state index contributed by atoms with van der Waals surface area (Å²) in [5.74, 6) is 0.662. The highest BCUT2D eigenvalue weighted by atomic mass is 79.9. The van der Waals surface area contributed by atoms with E-state index in [4.69, 9.17) is 9.47 Å². The lowest BCUT2D eigenvalue weighted by atomic mass is 10.0. The molecule has 0 N–H and O–H groups in total. The highest BCUT2D eigenvalue weighted by Gasteiger charge is 2.23. The minimum Gasteiger partial charge on any atom is -0.462 e. The maximum atomic E-state index is 12.0. The molecule has 0 atom stereocenters. The Balaban J connectivity index is 2.17. The van der Waals surface area contributed by atoms with Crippen LogP contribution < -0.4 is 0 Å². The Labute approximate surface area is 127 Å². The molecule has 0 fully saturated rings. The molecule has 108 valence electrons. The third kappa shape index (κ3) is 3.76. The van der Waals surface area contributed by atoms with Gasteiger partial charge >= 0.3 is 6.09 Å². The second kappa shape index (κ2) is 5.87. The number of nitrogens with zero attached hydrogens (tertiary/aromatic N) is 1. The fraction of sp³-hybridized carbons (Fsp3) is 0.400. The third-order valence-corrected chi connectivity index (χ3v) is 3.43. The zero-order valence-electron chi connectivity index (χ0n) is 11.9. The molecule has 5 heteroatoms. The molecule has 0 aromatic rings. The number of rotatable bonds is 1. The van der Waals surface area contributed by atoms with Crippen LogP contribution in [0.5, 0.6) is 0 Å². The minimum absolute atomic E-state index is 0.419. The Bertz CT molecular complexity index is 524. The van der Waals surface area contributed by atoms with E-state index in [2.05, 4.69) is 22.0 Å². The molecule has 2 rings (SSSR count). The second-order valence-corrected chi connectivity index (χ2v) is 6.41. The lowest BCUT2D eigenvalue weighted by molar-refractivity contribution is 0.0383. The van der Waals surface area contributed by atoms with Crippen LogP contribution in [0.3, 0.4) is 0 Å². The molecule has 0 aromatic carbocycles. The summed E-state index contributed by atoms with van der Waals surface area (Å²) in [4.78, 5) is 13.4. The number of amides is 1. The van der Waals surface area contributed by atoms with Crippen molar-refractivity contribution in [2.75, 3.05) is 0 Å². The van der Waals surface area contributed by atoms with Crippen LogP contribution in [0.15, 0.2) is 46.6 Å². The molecule has 0 aromatic heterocycles. The summed E-state index contributed by atoms with van der Waals surface area (Å²) in [6.07, 6.45) is 10.2. The van der Waals surface area contributed by atoms with Gasteiger partial charge in [-0.2, -0.15) is 0 Å². The highest BCUT2D eigenvalue weighted by molar-refractivity contribution is 9.11. The topological polar surface area (TPSA) is 38.8 Å². The van der Waals surface area contributed by atoms with Gasteiger partial charge in [-0.25, -0.2) is 4.79 Å². The number of allylic oxidation sites excluding steroid dienone is 4. The van der Waals surface area contributed by atoms with Crippen molar-refractivity contribution in [2.45, 2.75) is 39.2 Å². The smallest absolute Gasteiger partial charge is 0.418 e. The van der Waals surface area contributed by atoms with E-state index in [1.54, 1.807) is 12.4 Å². The van der Waals surface area contributed by atoms with Crippen molar-refractivity contribution in [3.63, 3.8) is 0 Å². The zero-order valence-corrected chi connectivity index (χ0v) is 13.4. The fourth-order valence-electron chi connectivity index (χ4n) is 1.82. The van der Waals surface area contributed by atoms with Crippen LogP contribution in [0.4, 0.5) is 4.79 Å². The van der Waals surface area contributed by atoms with Crippen molar-refractivity contribution in [3.8, 4) is 0 Å². The number of carbonyl (C=O) groups excluding carboxylic acids is 1. The maximum absolute atomic E-state index is 12.0. The molecule has 0 radical (unpaired) electrons. The molecule has 1 aliphatic heterocycles. The van der Waals surface area contributed by atoms with Crippen LogP contribution in [0.2, 0.25) is 0 Å². The predicted molar refractivity (Wildman–Crippen MR) is 80.7 cm³/mol. The maximum Gasteiger partial charge on any atom is 0.418 e. The average molecular weight is 340 g/mol. The fourth-order valence-corrected chi connectivity index (χ4v) is 2.40. The standard InChI is InChI=1S/C15H18BrNO3/c1-15(2,3)20-14(18)17-8-9-19-13(10-17)11-6-4-5-7-12(11)16/h5,7-10H,4,6H2,1-3H3. The van der Waals surface area contributed by atoms with Gasteiger partial charge in [0, 0.05) is 10.1 Å².